The fourth-order valence-corrected chi connectivity index (χ4v) is 3.81. The molecule has 0 aromatic heterocycles. The van der Waals surface area contributed by atoms with E-state index in [0.29, 0.717) is 30.0 Å². The standard InChI is InChI=1S/C19H17N3O4/c23-18(11-5-6-16-17(7-11)26-10-25-16)20-12-8-15-19(24)21-13-3-1-2-4-14(13)22(15)9-12/h1-7,12,15H,8-10H2,(H,20,23)(H,21,24). The van der Waals surface area contributed by atoms with Gasteiger partial charge in [0.2, 0.25) is 12.7 Å². The Morgan fingerprint density at radius 3 is 2.92 bits per heavy atom. The first-order valence-electron chi connectivity index (χ1n) is 8.56. The highest BCUT2D eigenvalue weighted by molar-refractivity contribution is 6.04. The van der Waals surface area contributed by atoms with Gasteiger partial charge >= 0.3 is 0 Å². The highest BCUT2D eigenvalue weighted by Gasteiger charge is 2.41. The third kappa shape index (κ3) is 2.35. The van der Waals surface area contributed by atoms with Crippen LogP contribution in [0.15, 0.2) is 42.5 Å². The molecule has 2 N–H and O–H groups in total. The maximum atomic E-state index is 12.6. The Morgan fingerprint density at radius 2 is 2.00 bits per heavy atom. The fourth-order valence-electron chi connectivity index (χ4n) is 3.81. The lowest BCUT2D eigenvalue weighted by atomic mass is 10.1. The first-order chi connectivity index (χ1) is 12.7. The van der Waals surface area contributed by atoms with Gasteiger partial charge < -0.3 is 25.0 Å². The molecule has 26 heavy (non-hydrogen) atoms. The van der Waals surface area contributed by atoms with Gasteiger partial charge in [0.25, 0.3) is 5.91 Å². The molecule has 7 nitrogen and oxygen atoms in total. The van der Waals surface area contributed by atoms with Crippen LogP contribution in [0.1, 0.15) is 16.8 Å². The fraction of sp³-hybridized carbons (Fsp3) is 0.263. The number of ether oxygens (including phenoxy) is 2. The predicted molar refractivity (Wildman–Crippen MR) is 94.6 cm³/mol. The lowest BCUT2D eigenvalue weighted by Crippen LogP contribution is -2.44. The summed E-state index contributed by atoms with van der Waals surface area (Å²) in [6.07, 6.45) is 0.580. The molecule has 0 spiro atoms. The molecule has 1 fully saturated rings. The second-order valence-corrected chi connectivity index (χ2v) is 6.65. The minimum atomic E-state index is -0.257. The maximum absolute atomic E-state index is 12.6. The molecule has 0 radical (unpaired) electrons. The van der Waals surface area contributed by atoms with Crippen molar-refractivity contribution in [2.24, 2.45) is 0 Å². The minimum Gasteiger partial charge on any atom is -0.454 e. The molecule has 2 unspecified atom stereocenters. The number of carbonyl (C=O) groups excluding carboxylic acids is 2. The highest BCUT2D eigenvalue weighted by atomic mass is 16.7. The number of nitrogens with zero attached hydrogens (tertiary/aromatic N) is 1. The number of nitrogens with one attached hydrogen (secondary N) is 2. The van der Waals surface area contributed by atoms with Crippen LogP contribution >= 0.6 is 0 Å². The topological polar surface area (TPSA) is 79.9 Å². The van der Waals surface area contributed by atoms with E-state index in [2.05, 4.69) is 15.5 Å². The number of rotatable bonds is 2. The zero-order valence-corrected chi connectivity index (χ0v) is 13.9. The van der Waals surface area contributed by atoms with Crippen LogP contribution in [0.3, 0.4) is 0 Å². The highest BCUT2D eigenvalue weighted by Crippen LogP contribution is 2.36. The summed E-state index contributed by atoms with van der Waals surface area (Å²) in [6.45, 7) is 0.777. The molecule has 2 aromatic rings. The van der Waals surface area contributed by atoms with Gasteiger partial charge in [-0.3, -0.25) is 9.59 Å². The molecule has 7 heteroatoms. The lowest BCUT2D eigenvalue weighted by molar-refractivity contribution is -0.117. The van der Waals surface area contributed by atoms with Crippen LogP contribution in [-0.2, 0) is 4.79 Å². The van der Waals surface area contributed by atoms with Crippen LogP contribution < -0.4 is 25.0 Å². The van der Waals surface area contributed by atoms with Gasteiger partial charge in [0, 0.05) is 18.2 Å². The van der Waals surface area contributed by atoms with E-state index in [1.807, 2.05) is 24.3 Å². The molecule has 132 valence electrons. The number of anilines is 2. The molecule has 0 aliphatic carbocycles. The quantitative estimate of drug-likeness (QED) is 0.862. The molecule has 2 aromatic carbocycles. The normalized spacial score (nSPS) is 22.5. The first-order valence-corrected chi connectivity index (χ1v) is 8.56. The third-order valence-corrected chi connectivity index (χ3v) is 5.05. The zero-order valence-electron chi connectivity index (χ0n) is 13.9. The molecule has 3 aliphatic heterocycles. The van der Waals surface area contributed by atoms with E-state index in [0.717, 1.165) is 11.4 Å². The van der Waals surface area contributed by atoms with Crippen LogP contribution in [0, 0.1) is 0 Å². The molecule has 1 saturated heterocycles. The van der Waals surface area contributed by atoms with Crippen molar-refractivity contribution in [2.75, 3.05) is 23.6 Å². The van der Waals surface area contributed by atoms with Crippen molar-refractivity contribution < 1.29 is 19.1 Å². The SMILES string of the molecule is O=C(NC1CC2C(=O)Nc3ccccc3N2C1)c1ccc2c(c1)OCO2. The molecule has 2 atom stereocenters. The van der Waals surface area contributed by atoms with Gasteiger partial charge in [-0.15, -0.1) is 0 Å². The minimum absolute atomic E-state index is 0.0245. The van der Waals surface area contributed by atoms with E-state index in [4.69, 9.17) is 9.47 Å². The number of hydrogen-bond acceptors (Lipinski definition) is 5. The molecule has 3 heterocycles. The van der Waals surface area contributed by atoms with Gasteiger partial charge in [-0.1, -0.05) is 12.1 Å². The van der Waals surface area contributed by atoms with Crippen LogP contribution in [-0.4, -0.2) is 37.2 Å². The Morgan fingerprint density at radius 1 is 1.15 bits per heavy atom. The van der Waals surface area contributed by atoms with E-state index in [-0.39, 0.29) is 30.7 Å². The summed E-state index contributed by atoms with van der Waals surface area (Å²) in [4.78, 5) is 27.0. The third-order valence-electron chi connectivity index (χ3n) is 5.05. The van der Waals surface area contributed by atoms with Crippen molar-refractivity contribution in [3.8, 4) is 11.5 Å². The Labute approximate surface area is 149 Å². The smallest absolute Gasteiger partial charge is 0.251 e. The molecular formula is C19H17N3O4. The largest absolute Gasteiger partial charge is 0.454 e. The van der Waals surface area contributed by atoms with Crippen LogP contribution in [0.2, 0.25) is 0 Å². The van der Waals surface area contributed by atoms with Crippen molar-refractivity contribution >= 4 is 23.2 Å². The second kappa shape index (κ2) is 5.66. The summed E-state index contributed by atoms with van der Waals surface area (Å²) < 4.78 is 10.6. The summed E-state index contributed by atoms with van der Waals surface area (Å²) in [5.74, 6) is 1.02. The van der Waals surface area contributed by atoms with Gasteiger partial charge in [0.1, 0.15) is 6.04 Å². The Bertz CT molecular complexity index is 913. The van der Waals surface area contributed by atoms with Gasteiger partial charge in [0.15, 0.2) is 11.5 Å². The summed E-state index contributed by atoms with van der Waals surface area (Å²) in [5, 5.41) is 5.98. The molecule has 0 saturated carbocycles. The molecular weight excluding hydrogens is 334 g/mol. The molecule has 5 rings (SSSR count). The Hall–Kier alpha value is -3.22. The van der Waals surface area contributed by atoms with E-state index < -0.39 is 0 Å². The lowest BCUT2D eigenvalue weighted by Gasteiger charge is -2.32. The van der Waals surface area contributed by atoms with E-state index >= 15 is 0 Å². The summed E-state index contributed by atoms with van der Waals surface area (Å²) in [7, 11) is 0. The molecule has 3 aliphatic rings. The van der Waals surface area contributed by atoms with Crippen molar-refractivity contribution in [2.45, 2.75) is 18.5 Å². The van der Waals surface area contributed by atoms with Gasteiger partial charge in [-0.2, -0.15) is 0 Å². The van der Waals surface area contributed by atoms with Crippen LogP contribution in [0.25, 0.3) is 0 Å². The number of hydrogen-bond donors (Lipinski definition) is 2. The predicted octanol–water partition coefficient (Wildman–Crippen LogP) is 1.74. The number of amides is 2. The van der Waals surface area contributed by atoms with E-state index in [9.17, 15) is 9.59 Å². The average molecular weight is 351 g/mol. The summed E-state index contributed by atoms with van der Waals surface area (Å²) in [6, 6.07) is 12.5. The van der Waals surface area contributed by atoms with Gasteiger partial charge in [0.05, 0.1) is 11.4 Å². The number of benzene rings is 2. The Balaban J connectivity index is 1.34. The van der Waals surface area contributed by atoms with Crippen LogP contribution in [0.5, 0.6) is 11.5 Å². The van der Waals surface area contributed by atoms with Crippen molar-refractivity contribution in [3.63, 3.8) is 0 Å². The average Bonchev–Trinajstić information content (AvgIpc) is 3.28. The zero-order chi connectivity index (χ0) is 17.7. The van der Waals surface area contributed by atoms with Crippen molar-refractivity contribution in [1.29, 1.82) is 0 Å². The first kappa shape index (κ1) is 15.1. The summed E-state index contributed by atoms with van der Waals surface area (Å²) in [5.41, 5.74) is 2.33. The van der Waals surface area contributed by atoms with Gasteiger partial charge in [-0.05, 0) is 36.8 Å². The maximum Gasteiger partial charge on any atom is 0.251 e. The van der Waals surface area contributed by atoms with Crippen LogP contribution in [0.4, 0.5) is 11.4 Å². The molecule has 2 amide bonds. The van der Waals surface area contributed by atoms with E-state index in [1.54, 1.807) is 18.2 Å². The second-order valence-electron chi connectivity index (χ2n) is 6.65. The monoisotopic (exact) mass is 351 g/mol. The number of carbonyl (C=O) groups is 2. The number of fused-ring (bicyclic) bond motifs is 4. The number of para-hydroxylation sites is 2. The van der Waals surface area contributed by atoms with Gasteiger partial charge in [-0.25, -0.2) is 0 Å². The van der Waals surface area contributed by atoms with E-state index in [1.165, 1.54) is 0 Å². The van der Waals surface area contributed by atoms with Crippen molar-refractivity contribution in [1.82, 2.24) is 5.32 Å². The van der Waals surface area contributed by atoms with Crippen molar-refractivity contribution in [3.05, 3.63) is 48.0 Å². The Kier molecular flexibility index (Phi) is 3.28. The molecule has 0 bridgehead atoms. The summed E-state index contributed by atoms with van der Waals surface area (Å²) >= 11 is 0.